The molecular formula is C16H24N4. The van der Waals surface area contributed by atoms with Crippen molar-refractivity contribution in [1.82, 2.24) is 14.5 Å². The van der Waals surface area contributed by atoms with E-state index in [9.17, 15) is 0 Å². The molecule has 0 radical (unpaired) electrons. The van der Waals surface area contributed by atoms with Gasteiger partial charge in [0.2, 0.25) is 0 Å². The number of anilines is 1. The molecule has 0 aliphatic rings. The van der Waals surface area contributed by atoms with Gasteiger partial charge in [0.15, 0.2) is 0 Å². The molecule has 0 saturated heterocycles. The largest absolute Gasteiger partial charge is 0.381 e. The first-order valence-corrected chi connectivity index (χ1v) is 7.47. The molecule has 0 amide bonds. The molecule has 0 aromatic carbocycles. The Bertz CT molecular complexity index is 510. The van der Waals surface area contributed by atoms with E-state index in [0.717, 1.165) is 17.3 Å². The zero-order valence-corrected chi connectivity index (χ0v) is 12.6. The highest BCUT2D eigenvalue weighted by molar-refractivity contribution is 5.44. The summed E-state index contributed by atoms with van der Waals surface area (Å²) in [7, 11) is 0. The zero-order valence-electron chi connectivity index (χ0n) is 12.6. The van der Waals surface area contributed by atoms with Crippen molar-refractivity contribution in [3.8, 4) is 5.82 Å². The third-order valence-electron chi connectivity index (χ3n) is 3.47. The fraction of sp³-hybridized carbons (Fsp3) is 0.500. The van der Waals surface area contributed by atoms with E-state index in [1.807, 2.05) is 30.0 Å². The Morgan fingerprint density at radius 2 is 1.90 bits per heavy atom. The number of nitrogens with one attached hydrogen (secondary N) is 1. The minimum absolute atomic E-state index is 0.549. The highest BCUT2D eigenvalue weighted by Gasteiger charge is 2.07. The van der Waals surface area contributed by atoms with Gasteiger partial charge in [-0.25, -0.2) is 9.97 Å². The van der Waals surface area contributed by atoms with Crippen LogP contribution in [0.5, 0.6) is 0 Å². The van der Waals surface area contributed by atoms with Crippen LogP contribution in [-0.4, -0.2) is 20.6 Å². The summed E-state index contributed by atoms with van der Waals surface area (Å²) in [5.74, 6) is 1.86. The van der Waals surface area contributed by atoms with Crippen molar-refractivity contribution >= 4 is 5.69 Å². The number of hydrogen-bond donors (Lipinski definition) is 1. The topological polar surface area (TPSA) is 42.7 Å². The van der Waals surface area contributed by atoms with Gasteiger partial charge < -0.3 is 5.32 Å². The maximum absolute atomic E-state index is 4.52. The van der Waals surface area contributed by atoms with Crippen LogP contribution in [0.25, 0.3) is 5.82 Å². The highest BCUT2D eigenvalue weighted by atomic mass is 15.1. The molecule has 0 spiro atoms. The van der Waals surface area contributed by atoms with Crippen LogP contribution in [0.2, 0.25) is 0 Å². The van der Waals surface area contributed by atoms with Crippen LogP contribution >= 0.6 is 0 Å². The van der Waals surface area contributed by atoms with Crippen molar-refractivity contribution in [3.05, 3.63) is 36.5 Å². The first-order chi connectivity index (χ1) is 9.74. The minimum Gasteiger partial charge on any atom is -0.381 e. The third-order valence-corrected chi connectivity index (χ3v) is 3.47. The second-order valence-electron chi connectivity index (χ2n) is 5.17. The Balaban J connectivity index is 2.06. The molecule has 0 unspecified atom stereocenters. The van der Waals surface area contributed by atoms with Crippen molar-refractivity contribution in [1.29, 1.82) is 0 Å². The predicted molar refractivity (Wildman–Crippen MR) is 83.3 cm³/mol. The number of aromatic nitrogens is 3. The molecule has 2 rings (SSSR count). The Kier molecular flexibility index (Phi) is 5.16. The molecule has 1 N–H and O–H groups in total. The van der Waals surface area contributed by atoms with Crippen LogP contribution < -0.4 is 5.32 Å². The zero-order chi connectivity index (χ0) is 14.4. The van der Waals surface area contributed by atoms with Crippen LogP contribution in [0, 0.1) is 6.92 Å². The van der Waals surface area contributed by atoms with Gasteiger partial charge in [0, 0.05) is 18.4 Å². The molecule has 0 atom stereocenters. The summed E-state index contributed by atoms with van der Waals surface area (Å²) in [6.07, 6.45) is 10.5. The monoisotopic (exact) mass is 272 g/mol. The molecule has 2 aromatic heterocycles. The van der Waals surface area contributed by atoms with Crippen LogP contribution in [-0.2, 0) is 0 Å². The second kappa shape index (κ2) is 7.08. The summed E-state index contributed by atoms with van der Waals surface area (Å²) in [6, 6.07) is 4.68. The van der Waals surface area contributed by atoms with E-state index < -0.39 is 0 Å². The standard InChI is InChI=1S/C16H24N4/c1-4-6-14(7-5-2)19-15-8-9-16(18-12-15)20-11-10-17-13(20)3/h8-12,14,19H,4-7H2,1-3H3. The molecule has 0 aliphatic heterocycles. The maximum atomic E-state index is 4.52. The Hall–Kier alpha value is -1.84. The molecule has 0 aliphatic carbocycles. The highest BCUT2D eigenvalue weighted by Crippen LogP contribution is 2.15. The van der Waals surface area contributed by atoms with Gasteiger partial charge in [0.1, 0.15) is 11.6 Å². The van der Waals surface area contributed by atoms with Crippen molar-refractivity contribution in [2.24, 2.45) is 0 Å². The minimum atomic E-state index is 0.549. The Labute approximate surface area is 121 Å². The number of pyridine rings is 1. The van der Waals surface area contributed by atoms with E-state index in [-0.39, 0.29) is 0 Å². The lowest BCUT2D eigenvalue weighted by atomic mass is 10.1. The third kappa shape index (κ3) is 3.59. The summed E-state index contributed by atoms with van der Waals surface area (Å²) >= 11 is 0. The van der Waals surface area contributed by atoms with E-state index >= 15 is 0 Å². The van der Waals surface area contributed by atoms with E-state index in [1.54, 1.807) is 6.20 Å². The molecule has 4 nitrogen and oxygen atoms in total. The fourth-order valence-corrected chi connectivity index (χ4v) is 2.46. The van der Waals surface area contributed by atoms with Gasteiger partial charge >= 0.3 is 0 Å². The molecule has 20 heavy (non-hydrogen) atoms. The van der Waals surface area contributed by atoms with Crippen molar-refractivity contribution in [2.45, 2.75) is 52.5 Å². The lowest BCUT2D eigenvalue weighted by Crippen LogP contribution is -2.19. The van der Waals surface area contributed by atoms with Crippen LogP contribution in [0.4, 0.5) is 5.69 Å². The average molecular weight is 272 g/mol. The van der Waals surface area contributed by atoms with Gasteiger partial charge in [0.05, 0.1) is 11.9 Å². The molecule has 2 heterocycles. The Morgan fingerprint density at radius 1 is 1.15 bits per heavy atom. The van der Waals surface area contributed by atoms with Gasteiger partial charge in [0.25, 0.3) is 0 Å². The van der Waals surface area contributed by atoms with E-state index in [1.165, 1.54) is 25.7 Å². The summed E-state index contributed by atoms with van der Waals surface area (Å²) in [5.41, 5.74) is 1.10. The summed E-state index contributed by atoms with van der Waals surface area (Å²) < 4.78 is 1.99. The first kappa shape index (κ1) is 14.6. The number of rotatable bonds is 7. The average Bonchev–Trinajstić information content (AvgIpc) is 2.86. The lowest BCUT2D eigenvalue weighted by Gasteiger charge is -2.18. The van der Waals surface area contributed by atoms with Crippen LogP contribution in [0.3, 0.4) is 0 Å². The number of hydrogen-bond acceptors (Lipinski definition) is 3. The molecule has 2 aromatic rings. The summed E-state index contributed by atoms with van der Waals surface area (Å²) in [5, 5.41) is 3.58. The van der Waals surface area contributed by atoms with Crippen molar-refractivity contribution < 1.29 is 0 Å². The first-order valence-electron chi connectivity index (χ1n) is 7.47. The van der Waals surface area contributed by atoms with Crippen LogP contribution in [0.15, 0.2) is 30.7 Å². The second-order valence-corrected chi connectivity index (χ2v) is 5.17. The lowest BCUT2D eigenvalue weighted by molar-refractivity contribution is 0.586. The fourth-order valence-electron chi connectivity index (χ4n) is 2.46. The summed E-state index contributed by atoms with van der Waals surface area (Å²) in [6.45, 7) is 6.44. The predicted octanol–water partition coefficient (Wildman–Crippen LogP) is 3.96. The Morgan fingerprint density at radius 3 is 2.40 bits per heavy atom. The number of aryl methyl sites for hydroxylation is 1. The van der Waals surface area contributed by atoms with Gasteiger partial charge in [-0.05, 0) is 31.9 Å². The van der Waals surface area contributed by atoms with Crippen molar-refractivity contribution in [3.63, 3.8) is 0 Å². The normalized spacial score (nSPS) is 11.0. The summed E-state index contributed by atoms with van der Waals surface area (Å²) in [4.78, 5) is 8.74. The van der Waals surface area contributed by atoms with Gasteiger partial charge in [-0.2, -0.15) is 0 Å². The van der Waals surface area contributed by atoms with E-state index in [2.05, 4.69) is 35.2 Å². The SMILES string of the molecule is CCCC(CCC)Nc1ccc(-n2ccnc2C)nc1. The van der Waals surface area contributed by atoms with Crippen molar-refractivity contribution in [2.75, 3.05) is 5.32 Å². The van der Waals surface area contributed by atoms with E-state index in [4.69, 9.17) is 0 Å². The molecule has 0 saturated carbocycles. The van der Waals surface area contributed by atoms with Crippen LogP contribution in [0.1, 0.15) is 45.4 Å². The quantitative estimate of drug-likeness (QED) is 0.829. The van der Waals surface area contributed by atoms with E-state index in [0.29, 0.717) is 6.04 Å². The molecule has 0 fully saturated rings. The molecular weight excluding hydrogens is 248 g/mol. The molecule has 4 heteroatoms. The maximum Gasteiger partial charge on any atom is 0.138 e. The van der Waals surface area contributed by atoms with Gasteiger partial charge in [-0.1, -0.05) is 26.7 Å². The molecule has 108 valence electrons. The number of imidazole rings is 1. The number of nitrogens with zero attached hydrogens (tertiary/aromatic N) is 3. The van der Waals surface area contributed by atoms with Gasteiger partial charge in [-0.3, -0.25) is 4.57 Å². The van der Waals surface area contributed by atoms with Gasteiger partial charge in [-0.15, -0.1) is 0 Å². The smallest absolute Gasteiger partial charge is 0.138 e. The molecule has 0 bridgehead atoms.